The Labute approximate surface area is 191 Å². The number of aromatic nitrogens is 1. The second kappa shape index (κ2) is 10.0. The molecule has 0 spiro atoms. The van der Waals surface area contributed by atoms with Crippen LogP contribution in [0.4, 0.5) is 15.8 Å². The standard InChI is InChI=1S/C24H22FN5O2S/c1-3-4-5-22(28-2)33(27,32)23-13-9-18(15-29-23)24(31)30-21-14-17(8-12-20(21)26)16-6-10-19(25)11-7-16/h3-15,27H,2,26H2,1H3,(H,30,31)/b4-3-,22-5+. The van der Waals surface area contributed by atoms with Crippen molar-refractivity contribution in [3.05, 3.63) is 95.4 Å². The van der Waals surface area contributed by atoms with Crippen molar-refractivity contribution in [2.45, 2.75) is 11.9 Å². The summed E-state index contributed by atoms with van der Waals surface area (Å²) in [7, 11) is -3.48. The number of rotatable bonds is 7. The highest BCUT2D eigenvalue weighted by atomic mass is 32.2. The van der Waals surface area contributed by atoms with Crippen LogP contribution < -0.4 is 11.1 Å². The molecule has 0 bridgehead atoms. The molecule has 0 fully saturated rings. The second-order valence-electron chi connectivity index (χ2n) is 6.89. The zero-order valence-corrected chi connectivity index (χ0v) is 18.6. The smallest absolute Gasteiger partial charge is 0.257 e. The minimum atomic E-state index is -3.48. The third kappa shape index (κ3) is 5.39. The number of benzene rings is 2. The van der Waals surface area contributed by atoms with Crippen LogP contribution in [0.15, 0.2) is 94.1 Å². The van der Waals surface area contributed by atoms with Gasteiger partial charge in [-0.15, -0.1) is 0 Å². The molecule has 168 valence electrons. The summed E-state index contributed by atoms with van der Waals surface area (Å²) in [5.41, 5.74) is 8.43. The Morgan fingerprint density at radius 3 is 2.48 bits per heavy atom. The average Bonchev–Trinajstić information content (AvgIpc) is 2.81. The number of pyridine rings is 1. The molecular weight excluding hydrogens is 441 g/mol. The van der Waals surface area contributed by atoms with Crippen LogP contribution in [-0.4, -0.2) is 21.8 Å². The van der Waals surface area contributed by atoms with Crippen LogP contribution in [0.2, 0.25) is 0 Å². The van der Waals surface area contributed by atoms with E-state index in [0.29, 0.717) is 11.4 Å². The molecule has 1 aromatic heterocycles. The molecular formula is C24H22FN5O2S. The first-order valence-electron chi connectivity index (χ1n) is 9.77. The number of allylic oxidation sites excluding steroid dienone is 3. The number of carbonyl (C=O) groups excluding carboxylic acids is 1. The number of hydrogen-bond donors (Lipinski definition) is 3. The molecule has 1 amide bonds. The fraction of sp³-hybridized carbons (Fsp3) is 0.0417. The summed E-state index contributed by atoms with van der Waals surface area (Å²) < 4.78 is 34.3. The third-order valence-electron chi connectivity index (χ3n) is 4.65. The Morgan fingerprint density at radius 2 is 1.88 bits per heavy atom. The molecule has 0 radical (unpaired) electrons. The van der Waals surface area contributed by atoms with E-state index in [1.807, 2.05) is 0 Å². The van der Waals surface area contributed by atoms with Crippen molar-refractivity contribution in [2.24, 2.45) is 4.99 Å². The first kappa shape index (κ1) is 23.6. The van der Waals surface area contributed by atoms with Crippen LogP contribution in [0.1, 0.15) is 17.3 Å². The molecule has 1 unspecified atom stereocenters. The Hall–Kier alpha value is -4.11. The number of nitrogens with two attached hydrogens (primary N) is 1. The summed E-state index contributed by atoms with van der Waals surface area (Å²) in [6.45, 7) is 5.14. The number of hydrogen-bond acceptors (Lipinski definition) is 6. The van der Waals surface area contributed by atoms with Gasteiger partial charge in [-0.1, -0.05) is 30.4 Å². The van der Waals surface area contributed by atoms with Crippen molar-refractivity contribution >= 4 is 33.7 Å². The van der Waals surface area contributed by atoms with Crippen LogP contribution in [0.5, 0.6) is 0 Å². The Kier molecular flexibility index (Phi) is 7.14. The number of halogens is 1. The van der Waals surface area contributed by atoms with Crippen molar-refractivity contribution in [3.8, 4) is 11.1 Å². The van der Waals surface area contributed by atoms with E-state index in [1.165, 1.54) is 36.5 Å². The van der Waals surface area contributed by atoms with Gasteiger partial charge in [0.15, 0.2) is 0 Å². The monoisotopic (exact) mass is 463 g/mol. The van der Waals surface area contributed by atoms with Gasteiger partial charge in [-0.2, -0.15) is 0 Å². The number of aliphatic imine (C=N–C) groups is 1. The molecule has 0 aliphatic rings. The highest BCUT2D eigenvalue weighted by molar-refractivity contribution is 7.96. The largest absolute Gasteiger partial charge is 0.397 e. The number of nitrogens with one attached hydrogen (secondary N) is 2. The highest BCUT2D eigenvalue weighted by Crippen LogP contribution is 2.28. The van der Waals surface area contributed by atoms with E-state index in [9.17, 15) is 13.4 Å². The topological polar surface area (TPSA) is 121 Å². The lowest BCUT2D eigenvalue weighted by Crippen LogP contribution is -2.14. The molecule has 0 saturated carbocycles. The highest BCUT2D eigenvalue weighted by Gasteiger charge is 2.18. The molecule has 1 atom stereocenters. The lowest BCUT2D eigenvalue weighted by Gasteiger charge is -2.11. The number of carbonyl (C=O) groups is 1. The first-order chi connectivity index (χ1) is 15.8. The molecule has 0 aliphatic heterocycles. The van der Waals surface area contributed by atoms with Gasteiger partial charge in [0.05, 0.1) is 16.9 Å². The summed E-state index contributed by atoms with van der Waals surface area (Å²) in [4.78, 5) is 20.4. The number of anilines is 2. The van der Waals surface area contributed by atoms with Crippen LogP contribution in [0.25, 0.3) is 11.1 Å². The van der Waals surface area contributed by atoms with Crippen LogP contribution in [0, 0.1) is 10.6 Å². The van der Waals surface area contributed by atoms with E-state index in [2.05, 4.69) is 22.0 Å². The minimum Gasteiger partial charge on any atom is -0.397 e. The fourth-order valence-electron chi connectivity index (χ4n) is 2.89. The van der Waals surface area contributed by atoms with E-state index in [4.69, 9.17) is 10.5 Å². The van der Waals surface area contributed by atoms with Gasteiger partial charge in [-0.25, -0.2) is 18.4 Å². The summed E-state index contributed by atoms with van der Waals surface area (Å²) >= 11 is 0. The Morgan fingerprint density at radius 1 is 1.18 bits per heavy atom. The SMILES string of the molecule is C=N/C(=C\C=C/C)S(=N)(=O)c1ccc(C(=O)Nc2cc(-c3ccc(F)cc3)ccc2N)cn1. The van der Waals surface area contributed by atoms with Gasteiger partial charge < -0.3 is 11.1 Å². The zero-order valence-electron chi connectivity index (χ0n) is 17.8. The predicted molar refractivity (Wildman–Crippen MR) is 130 cm³/mol. The maximum Gasteiger partial charge on any atom is 0.257 e. The molecule has 7 nitrogen and oxygen atoms in total. The average molecular weight is 464 g/mol. The van der Waals surface area contributed by atoms with Crippen LogP contribution >= 0.6 is 0 Å². The number of nitrogen functional groups attached to an aromatic ring is 1. The summed E-state index contributed by atoms with van der Waals surface area (Å²) in [6.07, 6.45) is 5.97. The van der Waals surface area contributed by atoms with Gasteiger partial charge in [0.1, 0.15) is 25.6 Å². The summed E-state index contributed by atoms with van der Waals surface area (Å²) in [6, 6.07) is 13.8. The molecule has 3 aromatic rings. The van der Waals surface area contributed by atoms with Crippen molar-refractivity contribution < 1.29 is 13.4 Å². The maximum atomic E-state index is 13.2. The van der Waals surface area contributed by atoms with Crippen LogP contribution in [-0.2, 0) is 9.73 Å². The first-order valence-corrected chi connectivity index (χ1v) is 11.3. The van der Waals surface area contributed by atoms with Gasteiger partial charge in [-0.3, -0.25) is 9.79 Å². The molecule has 2 aromatic carbocycles. The second-order valence-corrected chi connectivity index (χ2v) is 8.84. The van der Waals surface area contributed by atoms with Gasteiger partial charge in [0.2, 0.25) is 0 Å². The minimum absolute atomic E-state index is 0.0318. The number of nitrogens with zero attached hydrogens (tertiary/aromatic N) is 2. The van der Waals surface area contributed by atoms with Crippen LogP contribution in [0.3, 0.4) is 0 Å². The molecule has 9 heteroatoms. The van der Waals surface area contributed by atoms with Gasteiger partial charge >= 0.3 is 0 Å². The lowest BCUT2D eigenvalue weighted by atomic mass is 10.0. The maximum absolute atomic E-state index is 13.2. The third-order valence-corrected chi connectivity index (χ3v) is 6.34. The van der Waals surface area contributed by atoms with Crippen molar-refractivity contribution in [3.63, 3.8) is 0 Å². The fourth-order valence-corrected chi connectivity index (χ4v) is 4.02. The van der Waals surface area contributed by atoms with Crippen molar-refractivity contribution in [2.75, 3.05) is 11.1 Å². The van der Waals surface area contributed by atoms with E-state index in [0.717, 1.165) is 11.1 Å². The van der Waals surface area contributed by atoms with Gasteiger partial charge in [-0.05, 0) is 67.2 Å². The van der Waals surface area contributed by atoms with E-state index in [-0.39, 0.29) is 21.4 Å². The molecule has 0 saturated heterocycles. The van der Waals surface area contributed by atoms with Crippen molar-refractivity contribution in [1.29, 1.82) is 4.78 Å². The van der Waals surface area contributed by atoms with Gasteiger partial charge in [0, 0.05) is 6.20 Å². The molecule has 3 rings (SSSR count). The quantitative estimate of drug-likeness (QED) is 0.252. The van der Waals surface area contributed by atoms with Crippen molar-refractivity contribution in [1.82, 2.24) is 4.98 Å². The summed E-state index contributed by atoms with van der Waals surface area (Å²) in [5, 5.41) is 2.65. The van der Waals surface area contributed by atoms with E-state index >= 15 is 0 Å². The lowest BCUT2D eigenvalue weighted by molar-refractivity contribution is 0.102. The van der Waals surface area contributed by atoms with Gasteiger partial charge in [0.25, 0.3) is 5.91 Å². The molecule has 33 heavy (non-hydrogen) atoms. The normalized spacial score (nSPS) is 13.5. The number of amides is 1. The predicted octanol–water partition coefficient (Wildman–Crippen LogP) is 5.25. The summed E-state index contributed by atoms with van der Waals surface area (Å²) in [5.74, 6) is -0.830. The zero-order chi connectivity index (χ0) is 24.0. The Balaban J connectivity index is 1.83. The van der Waals surface area contributed by atoms with E-state index in [1.54, 1.807) is 49.4 Å². The Bertz CT molecular complexity index is 1350. The molecule has 0 aliphatic carbocycles. The molecule has 4 N–H and O–H groups in total. The molecule has 1 heterocycles. The van der Waals surface area contributed by atoms with E-state index < -0.39 is 15.6 Å².